The number of nitrogens with one attached hydrogen (secondary N) is 2. The van der Waals surface area contributed by atoms with Crippen molar-refractivity contribution >= 4 is 5.91 Å². The van der Waals surface area contributed by atoms with Gasteiger partial charge < -0.3 is 10.6 Å². The molecule has 3 aliphatic rings. The summed E-state index contributed by atoms with van der Waals surface area (Å²) in [5.74, 6) is 2.73. The Morgan fingerprint density at radius 1 is 1.00 bits per heavy atom. The zero-order valence-corrected chi connectivity index (χ0v) is 11.8. The zero-order valence-electron chi connectivity index (χ0n) is 11.8. The molecule has 1 aromatic carbocycles. The van der Waals surface area contributed by atoms with Gasteiger partial charge in [-0.05, 0) is 41.7 Å². The van der Waals surface area contributed by atoms with Gasteiger partial charge in [-0.3, -0.25) is 4.79 Å². The monoisotopic (exact) mass is 270 g/mol. The summed E-state index contributed by atoms with van der Waals surface area (Å²) in [4.78, 5) is 12.0. The van der Waals surface area contributed by atoms with Crippen molar-refractivity contribution in [3.63, 3.8) is 0 Å². The molecule has 4 rings (SSSR count). The van der Waals surface area contributed by atoms with Gasteiger partial charge in [-0.15, -0.1) is 0 Å². The fourth-order valence-electron chi connectivity index (χ4n) is 4.30. The lowest BCUT2D eigenvalue weighted by Gasteiger charge is -2.24. The number of carbonyl (C=O) groups is 1. The van der Waals surface area contributed by atoms with Crippen LogP contribution in [0.2, 0.25) is 0 Å². The highest BCUT2D eigenvalue weighted by Gasteiger charge is 2.51. The van der Waals surface area contributed by atoms with Crippen molar-refractivity contribution in [3.8, 4) is 0 Å². The van der Waals surface area contributed by atoms with Gasteiger partial charge in [0, 0.05) is 13.1 Å². The molecule has 0 spiro atoms. The molecule has 1 heterocycles. The molecule has 2 aliphatic carbocycles. The molecule has 3 heteroatoms. The standard InChI is InChI=1S/C17H22N2O/c20-17-16(18-8-9-19-17)12-5-3-4-11(10-12)15-13-6-1-2-7-14(13)15/h3-5,10,13-16,18H,1-2,6-9H2,(H,19,20). The van der Waals surface area contributed by atoms with Crippen LogP contribution in [-0.4, -0.2) is 19.0 Å². The van der Waals surface area contributed by atoms with Crippen LogP contribution in [-0.2, 0) is 4.79 Å². The van der Waals surface area contributed by atoms with Crippen LogP contribution < -0.4 is 10.6 Å². The third-order valence-electron chi connectivity index (χ3n) is 5.32. The first-order chi connectivity index (χ1) is 9.84. The van der Waals surface area contributed by atoms with E-state index in [1.165, 1.54) is 31.2 Å². The number of hydrogen-bond donors (Lipinski definition) is 2. The third-order valence-corrected chi connectivity index (χ3v) is 5.32. The van der Waals surface area contributed by atoms with Crippen LogP contribution in [0, 0.1) is 11.8 Å². The molecule has 1 amide bonds. The molecular weight excluding hydrogens is 248 g/mol. The van der Waals surface area contributed by atoms with Crippen molar-refractivity contribution in [2.75, 3.05) is 13.1 Å². The molecule has 2 saturated carbocycles. The lowest BCUT2D eigenvalue weighted by molar-refractivity contribution is -0.124. The molecule has 2 N–H and O–H groups in total. The molecule has 3 nitrogen and oxygen atoms in total. The van der Waals surface area contributed by atoms with Crippen LogP contribution >= 0.6 is 0 Å². The van der Waals surface area contributed by atoms with E-state index in [-0.39, 0.29) is 11.9 Å². The van der Waals surface area contributed by atoms with Crippen LogP contribution in [0.25, 0.3) is 0 Å². The largest absolute Gasteiger partial charge is 0.353 e. The van der Waals surface area contributed by atoms with Gasteiger partial charge in [0.15, 0.2) is 0 Å². The molecule has 1 saturated heterocycles. The summed E-state index contributed by atoms with van der Waals surface area (Å²) < 4.78 is 0. The highest BCUT2D eigenvalue weighted by atomic mass is 16.2. The molecule has 1 aromatic rings. The first-order valence-electron chi connectivity index (χ1n) is 7.95. The van der Waals surface area contributed by atoms with Gasteiger partial charge in [-0.2, -0.15) is 0 Å². The number of carbonyl (C=O) groups excluding carboxylic acids is 1. The fourth-order valence-corrected chi connectivity index (χ4v) is 4.30. The second-order valence-corrected chi connectivity index (χ2v) is 6.49. The molecular formula is C17H22N2O. The molecule has 20 heavy (non-hydrogen) atoms. The van der Waals surface area contributed by atoms with E-state index in [4.69, 9.17) is 0 Å². The van der Waals surface area contributed by atoms with E-state index >= 15 is 0 Å². The third kappa shape index (κ3) is 2.05. The summed E-state index contributed by atoms with van der Waals surface area (Å²) in [6.07, 6.45) is 5.62. The summed E-state index contributed by atoms with van der Waals surface area (Å²) in [7, 11) is 0. The highest BCUT2D eigenvalue weighted by molar-refractivity contribution is 5.83. The minimum atomic E-state index is -0.163. The van der Waals surface area contributed by atoms with Crippen molar-refractivity contribution in [2.24, 2.45) is 11.8 Å². The first kappa shape index (κ1) is 12.4. The van der Waals surface area contributed by atoms with Gasteiger partial charge in [-0.25, -0.2) is 0 Å². The molecule has 0 aromatic heterocycles. The predicted molar refractivity (Wildman–Crippen MR) is 78.4 cm³/mol. The summed E-state index contributed by atoms with van der Waals surface area (Å²) >= 11 is 0. The summed E-state index contributed by atoms with van der Waals surface area (Å²) in [5.41, 5.74) is 2.59. The molecule has 1 aliphatic heterocycles. The van der Waals surface area contributed by atoms with Gasteiger partial charge in [0.2, 0.25) is 5.91 Å². The van der Waals surface area contributed by atoms with Crippen LogP contribution in [0.3, 0.4) is 0 Å². The summed E-state index contributed by atoms with van der Waals surface area (Å²) in [6, 6.07) is 8.57. The molecule has 3 atom stereocenters. The lowest BCUT2D eigenvalue weighted by Crippen LogP contribution is -2.47. The van der Waals surface area contributed by atoms with E-state index in [1.54, 1.807) is 0 Å². The zero-order chi connectivity index (χ0) is 13.5. The molecule has 3 unspecified atom stereocenters. The number of amides is 1. The topological polar surface area (TPSA) is 41.1 Å². The quantitative estimate of drug-likeness (QED) is 0.866. The Morgan fingerprint density at radius 3 is 2.50 bits per heavy atom. The normalized spacial score (nSPS) is 36.1. The van der Waals surface area contributed by atoms with Gasteiger partial charge in [0.05, 0.1) is 0 Å². The number of benzene rings is 1. The average Bonchev–Trinajstić information content (AvgIpc) is 3.22. The van der Waals surface area contributed by atoms with Gasteiger partial charge in [0.25, 0.3) is 0 Å². The molecule has 3 fully saturated rings. The molecule has 106 valence electrons. The lowest BCUT2D eigenvalue weighted by atomic mass is 9.99. The van der Waals surface area contributed by atoms with Crippen LogP contribution in [0.5, 0.6) is 0 Å². The maximum absolute atomic E-state index is 12.0. The van der Waals surface area contributed by atoms with E-state index < -0.39 is 0 Å². The Labute approximate surface area is 120 Å². The summed E-state index contributed by atoms with van der Waals surface area (Å²) in [6.45, 7) is 1.59. The van der Waals surface area contributed by atoms with Crippen molar-refractivity contribution in [2.45, 2.75) is 37.6 Å². The van der Waals surface area contributed by atoms with Crippen LogP contribution in [0.1, 0.15) is 48.8 Å². The van der Waals surface area contributed by atoms with E-state index in [9.17, 15) is 4.79 Å². The number of fused-ring (bicyclic) bond motifs is 1. The number of piperazine rings is 1. The maximum Gasteiger partial charge on any atom is 0.241 e. The van der Waals surface area contributed by atoms with Gasteiger partial charge in [0.1, 0.15) is 6.04 Å². The number of hydrogen-bond acceptors (Lipinski definition) is 2. The molecule has 0 bridgehead atoms. The van der Waals surface area contributed by atoms with Gasteiger partial charge in [-0.1, -0.05) is 37.1 Å². The highest BCUT2D eigenvalue weighted by Crippen LogP contribution is 2.61. The van der Waals surface area contributed by atoms with Crippen molar-refractivity contribution in [1.82, 2.24) is 10.6 Å². The van der Waals surface area contributed by atoms with Gasteiger partial charge >= 0.3 is 0 Å². The second-order valence-electron chi connectivity index (χ2n) is 6.49. The second kappa shape index (κ2) is 4.88. The van der Waals surface area contributed by atoms with Crippen molar-refractivity contribution < 1.29 is 4.79 Å². The first-order valence-corrected chi connectivity index (χ1v) is 7.95. The van der Waals surface area contributed by atoms with E-state index in [2.05, 4.69) is 34.9 Å². The van der Waals surface area contributed by atoms with Crippen molar-refractivity contribution in [3.05, 3.63) is 35.4 Å². The Hall–Kier alpha value is -1.35. The predicted octanol–water partition coefficient (Wildman–Crippen LogP) is 2.35. The Bertz CT molecular complexity index is 515. The minimum absolute atomic E-state index is 0.113. The maximum atomic E-state index is 12.0. The van der Waals surface area contributed by atoms with Crippen molar-refractivity contribution in [1.29, 1.82) is 0 Å². The van der Waals surface area contributed by atoms with E-state index in [1.807, 2.05) is 0 Å². The van der Waals surface area contributed by atoms with E-state index in [0.717, 1.165) is 36.4 Å². The minimum Gasteiger partial charge on any atom is -0.353 e. The Morgan fingerprint density at radius 2 is 1.75 bits per heavy atom. The Balaban J connectivity index is 1.57. The average molecular weight is 270 g/mol. The van der Waals surface area contributed by atoms with E-state index in [0.29, 0.717) is 0 Å². The van der Waals surface area contributed by atoms with Crippen LogP contribution in [0.4, 0.5) is 0 Å². The molecule has 0 radical (unpaired) electrons. The smallest absolute Gasteiger partial charge is 0.241 e. The SMILES string of the molecule is O=C1NCCNC1c1cccc(C2C3CCCCC32)c1. The summed E-state index contributed by atoms with van der Waals surface area (Å²) in [5, 5.41) is 6.27. The fraction of sp³-hybridized carbons (Fsp3) is 0.588. The van der Waals surface area contributed by atoms with Crippen LogP contribution in [0.15, 0.2) is 24.3 Å². The Kier molecular flexibility index (Phi) is 3.03. The number of rotatable bonds is 2.